The molecule has 1 fully saturated rings. The molecular weight excluding hydrogens is 514 g/mol. The summed E-state index contributed by atoms with van der Waals surface area (Å²) in [4.78, 5) is 56.4. The van der Waals surface area contributed by atoms with Gasteiger partial charge in [-0.15, -0.1) is 11.3 Å². The molecule has 5 aliphatic rings. The van der Waals surface area contributed by atoms with Gasteiger partial charge in [0, 0.05) is 39.5 Å². The molecule has 4 atom stereocenters. The number of likely N-dealkylation sites (tertiary alicyclic amines) is 1. The largest absolute Gasteiger partial charge is 0.508 e. The number of aromatic hydroxyl groups is 1. The van der Waals surface area contributed by atoms with E-state index in [9.17, 15) is 24.3 Å². The smallest absolute Gasteiger partial charge is 0.234 e. The minimum atomic E-state index is -0.578. The van der Waals surface area contributed by atoms with Gasteiger partial charge in [-0.25, -0.2) is 0 Å². The number of phenols is 1. The fourth-order valence-electron chi connectivity index (χ4n) is 6.95. The molecule has 196 valence electrons. The molecule has 0 bridgehead atoms. The van der Waals surface area contributed by atoms with Crippen molar-refractivity contribution in [2.24, 2.45) is 23.7 Å². The van der Waals surface area contributed by atoms with Crippen molar-refractivity contribution in [2.45, 2.75) is 32.7 Å². The number of Topliss-reactive ketones (excluding diaryl/α,β-unsaturated/α-hetero) is 1. The van der Waals surface area contributed by atoms with Crippen LogP contribution in [0.1, 0.15) is 30.2 Å². The summed E-state index contributed by atoms with van der Waals surface area (Å²) in [5, 5.41) is 12.0. The van der Waals surface area contributed by atoms with Crippen LogP contribution in [0.4, 0.5) is 0 Å². The highest BCUT2D eigenvalue weighted by Crippen LogP contribution is 2.54. The zero-order valence-corrected chi connectivity index (χ0v) is 22.0. The summed E-state index contributed by atoms with van der Waals surface area (Å²) in [6, 6.07) is 8.71. The molecule has 0 spiro atoms. The van der Waals surface area contributed by atoms with Gasteiger partial charge >= 0.3 is 0 Å². The highest BCUT2D eigenvalue weighted by molar-refractivity contribution is 7.09. The molecule has 1 N–H and O–H groups in total. The quantitative estimate of drug-likeness (QED) is 0.352. The van der Waals surface area contributed by atoms with Gasteiger partial charge in [0.15, 0.2) is 11.6 Å². The molecule has 8 heteroatoms. The molecule has 0 unspecified atom stereocenters. The molecule has 3 aliphatic carbocycles. The number of ether oxygens (including phenoxy) is 1. The fourth-order valence-corrected chi connectivity index (χ4v) is 7.64. The van der Waals surface area contributed by atoms with Gasteiger partial charge in [0.2, 0.25) is 11.8 Å². The normalized spacial score (nSPS) is 27.7. The zero-order valence-electron chi connectivity index (χ0n) is 21.2. The van der Waals surface area contributed by atoms with Crippen molar-refractivity contribution in [1.82, 2.24) is 4.90 Å². The number of hydrogen-bond donors (Lipinski definition) is 1. The average molecular weight is 540 g/mol. The summed E-state index contributed by atoms with van der Waals surface area (Å²) in [6.07, 6.45) is 6.13. The number of fused-ring (bicyclic) bond motifs is 4. The maximum Gasteiger partial charge on any atom is 0.234 e. The average Bonchev–Trinajstić information content (AvgIpc) is 3.53. The number of imide groups is 1. The second-order valence-corrected chi connectivity index (χ2v) is 11.9. The van der Waals surface area contributed by atoms with E-state index >= 15 is 0 Å². The Morgan fingerprint density at radius 3 is 2.74 bits per heavy atom. The Morgan fingerprint density at radius 2 is 1.95 bits per heavy atom. The standard InChI is InChI=1S/C31H25NO6S/c1-15-9-24(34)23-12-22-20(5-6-21-27(22)31(37)32(30(21)36)13-19-3-2-8-39-19)26(28(23)29(15)35)17-10-16-11-18(33)4-7-25(16)38-14-17/h2-5,7-9,11,14,21-22,26-27,33H,6,10,12-13H2,1H3/t21-,22+,26-,27-/m0/s1. The Balaban J connectivity index is 1.31. The maximum absolute atomic E-state index is 13.8. The lowest BCUT2D eigenvalue weighted by molar-refractivity contribution is -0.140. The van der Waals surface area contributed by atoms with Crippen LogP contribution < -0.4 is 4.74 Å². The summed E-state index contributed by atoms with van der Waals surface area (Å²) in [6.45, 7) is 1.90. The van der Waals surface area contributed by atoms with Crippen LogP contribution in [-0.2, 0) is 32.1 Å². The predicted molar refractivity (Wildman–Crippen MR) is 142 cm³/mol. The van der Waals surface area contributed by atoms with Gasteiger partial charge < -0.3 is 9.84 Å². The Hall–Kier alpha value is -4.04. The summed E-state index contributed by atoms with van der Waals surface area (Å²) in [5.41, 5.74) is 3.74. The summed E-state index contributed by atoms with van der Waals surface area (Å²) in [5.74, 6) is -1.99. The molecule has 2 amide bonds. The number of rotatable bonds is 3. The van der Waals surface area contributed by atoms with Crippen molar-refractivity contribution < 1.29 is 29.0 Å². The zero-order chi connectivity index (χ0) is 27.0. The lowest BCUT2D eigenvalue weighted by Crippen LogP contribution is -2.41. The van der Waals surface area contributed by atoms with Crippen molar-refractivity contribution in [1.29, 1.82) is 0 Å². The number of amides is 2. The van der Waals surface area contributed by atoms with Crippen LogP contribution in [0.15, 0.2) is 82.0 Å². The van der Waals surface area contributed by atoms with Crippen molar-refractivity contribution in [2.75, 3.05) is 0 Å². The van der Waals surface area contributed by atoms with Gasteiger partial charge in [0.05, 0.1) is 24.6 Å². The number of allylic oxidation sites excluding steroid dienone is 7. The van der Waals surface area contributed by atoms with Crippen LogP contribution in [0, 0.1) is 23.7 Å². The number of phenolic OH excluding ortho intramolecular Hbond substituents is 1. The Kier molecular flexibility index (Phi) is 5.39. The molecule has 2 aromatic rings. The Labute approximate surface area is 228 Å². The van der Waals surface area contributed by atoms with Gasteiger partial charge in [-0.3, -0.25) is 24.1 Å². The molecule has 0 radical (unpaired) electrons. The summed E-state index contributed by atoms with van der Waals surface area (Å²) >= 11 is 1.51. The SMILES string of the molecule is CC1=CC(=O)C2=C(C1=O)[C@@H](C1=COc3ccc(O)cc3C1)C1=CC[C@@H]3C(=O)N(Cc4cccs4)C(=O)[C@@H]3[C@@H]1C2. The molecule has 1 aromatic heterocycles. The van der Waals surface area contributed by atoms with E-state index in [1.165, 1.54) is 22.3 Å². The molecule has 1 aromatic carbocycles. The second-order valence-electron chi connectivity index (χ2n) is 10.9. The van der Waals surface area contributed by atoms with Crippen molar-refractivity contribution in [3.63, 3.8) is 0 Å². The molecule has 0 saturated carbocycles. The first-order valence-corrected chi connectivity index (χ1v) is 13.9. The monoisotopic (exact) mass is 539 g/mol. The van der Waals surface area contributed by atoms with Crippen molar-refractivity contribution in [3.05, 3.63) is 92.4 Å². The van der Waals surface area contributed by atoms with Gasteiger partial charge in [0.1, 0.15) is 11.5 Å². The number of carbonyl (C=O) groups is 4. The number of ketones is 2. The Morgan fingerprint density at radius 1 is 1.10 bits per heavy atom. The van der Waals surface area contributed by atoms with Crippen molar-refractivity contribution >= 4 is 34.7 Å². The van der Waals surface area contributed by atoms with Crippen LogP contribution in [0.5, 0.6) is 11.5 Å². The molecule has 7 rings (SSSR count). The van der Waals surface area contributed by atoms with Crippen LogP contribution in [0.2, 0.25) is 0 Å². The minimum Gasteiger partial charge on any atom is -0.508 e. The van der Waals surface area contributed by atoms with E-state index < -0.39 is 17.8 Å². The summed E-state index contributed by atoms with van der Waals surface area (Å²) in [7, 11) is 0. The third-order valence-electron chi connectivity index (χ3n) is 8.70. The number of hydrogen-bond acceptors (Lipinski definition) is 7. The molecule has 3 heterocycles. The number of nitrogens with zero attached hydrogens (tertiary/aromatic N) is 1. The molecular formula is C31H25NO6S. The van der Waals surface area contributed by atoms with E-state index in [0.29, 0.717) is 35.3 Å². The van der Waals surface area contributed by atoms with E-state index in [1.54, 1.807) is 31.4 Å². The first-order valence-electron chi connectivity index (χ1n) is 13.1. The first-order chi connectivity index (χ1) is 18.8. The van der Waals surface area contributed by atoms with E-state index in [-0.39, 0.29) is 48.0 Å². The first kappa shape index (κ1) is 24.0. The highest BCUT2D eigenvalue weighted by Gasteiger charge is 2.56. The predicted octanol–water partition coefficient (Wildman–Crippen LogP) is 4.43. The highest BCUT2D eigenvalue weighted by atomic mass is 32.1. The third-order valence-corrected chi connectivity index (χ3v) is 9.56. The van der Waals surface area contributed by atoms with Crippen LogP contribution >= 0.6 is 11.3 Å². The lowest BCUT2D eigenvalue weighted by Gasteiger charge is -2.43. The molecule has 7 nitrogen and oxygen atoms in total. The number of benzene rings is 1. The van der Waals surface area contributed by atoms with Crippen molar-refractivity contribution in [3.8, 4) is 11.5 Å². The van der Waals surface area contributed by atoms with Crippen LogP contribution in [-0.4, -0.2) is 33.4 Å². The van der Waals surface area contributed by atoms with Crippen LogP contribution in [0.3, 0.4) is 0 Å². The molecule has 39 heavy (non-hydrogen) atoms. The topological polar surface area (TPSA) is 101 Å². The lowest BCUT2D eigenvalue weighted by atomic mass is 9.58. The van der Waals surface area contributed by atoms with Gasteiger partial charge in [0.25, 0.3) is 0 Å². The van der Waals surface area contributed by atoms with E-state index in [0.717, 1.165) is 21.6 Å². The molecule has 2 aliphatic heterocycles. The van der Waals surface area contributed by atoms with Crippen LogP contribution in [0.25, 0.3) is 0 Å². The molecule has 1 saturated heterocycles. The number of thiophene rings is 1. The van der Waals surface area contributed by atoms with E-state index in [4.69, 9.17) is 4.74 Å². The van der Waals surface area contributed by atoms with E-state index in [1.807, 2.05) is 23.6 Å². The number of carbonyl (C=O) groups excluding carboxylic acids is 4. The van der Waals surface area contributed by atoms with Gasteiger partial charge in [-0.2, -0.15) is 0 Å². The minimum absolute atomic E-state index is 0.114. The van der Waals surface area contributed by atoms with Gasteiger partial charge in [-0.1, -0.05) is 17.7 Å². The maximum atomic E-state index is 13.8. The van der Waals surface area contributed by atoms with Gasteiger partial charge in [-0.05, 0) is 67.0 Å². The second kappa shape index (κ2) is 8.74. The van der Waals surface area contributed by atoms with E-state index in [2.05, 4.69) is 0 Å². The Bertz CT molecular complexity index is 1610. The third kappa shape index (κ3) is 3.61. The fraction of sp³-hybridized carbons (Fsp3) is 0.290. The summed E-state index contributed by atoms with van der Waals surface area (Å²) < 4.78 is 5.93.